The number of methoxy groups -OCH3 is 1. The Morgan fingerprint density at radius 3 is 2.61 bits per heavy atom. The first kappa shape index (κ1) is 28.0. The van der Waals surface area contributed by atoms with Gasteiger partial charge in [0.15, 0.2) is 0 Å². The summed E-state index contributed by atoms with van der Waals surface area (Å²) in [5.74, 6) is 6.96. The highest BCUT2D eigenvalue weighted by Gasteiger charge is 2.44. The molecule has 208 valence electrons. The number of nitrogens with two attached hydrogens (primary N) is 2. The van der Waals surface area contributed by atoms with Crippen molar-refractivity contribution in [3.05, 3.63) is 47.4 Å². The largest absolute Gasteiger partial charge is 0.465 e. The van der Waals surface area contributed by atoms with Crippen molar-refractivity contribution >= 4 is 23.6 Å². The summed E-state index contributed by atoms with van der Waals surface area (Å²) in [6.45, 7) is 2.17. The molecule has 3 atom stereocenters. The van der Waals surface area contributed by atoms with Gasteiger partial charge in [-0.05, 0) is 55.7 Å². The van der Waals surface area contributed by atoms with Crippen molar-refractivity contribution in [3.63, 3.8) is 0 Å². The molecule has 8 heteroatoms. The number of nitrogens with zero attached hydrogens (tertiary/aromatic N) is 2. The van der Waals surface area contributed by atoms with Crippen LogP contribution in [0.1, 0.15) is 64.2 Å². The maximum absolute atomic E-state index is 12.5. The van der Waals surface area contributed by atoms with E-state index in [0.29, 0.717) is 11.4 Å². The van der Waals surface area contributed by atoms with Gasteiger partial charge in [-0.1, -0.05) is 44.6 Å². The Morgan fingerprint density at radius 1 is 1.16 bits per heavy atom. The highest BCUT2D eigenvalue weighted by Crippen LogP contribution is 2.48. The molecule has 0 aromatic heterocycles. The predicted octanol–water partition coefficient (Wildman–Crippen LogP) is 4.99. The average molecular weight is 523 g/mol. The molecule has 0 bridgehead atoms. The maximum atomic E-state index is 12.5. The van der Waals surface area contributed by atoms with E-state index in [1.54, 1.807) is 13.2 Å². The van der Waals surface area contributed by atoms with E-state index in [1.165, 1.54) is 75.6 Å². The van der Waals surface area contributed by atoms with Crippen molar-refractivity contribution in [3.8, 4) is 0 Å². The van der Waals surface area contributed by atoms with Crippen LogP contribution in [0.25, 0.3) is 0 Å². The van der Waals surface area contributed by atoms with Gasteiger partial charge in [-0.15, -0.1) is 0 Å². The fourth-order valence-corrected chi connectivity index (χ4v) is 6.35. The van der Waals surface area contributed by atoms with E-state index >= 15 is 0 Å². The number of anilines is 2. The van der Waals surface area contributed by atoms with E-state index in [0.717, 1.165) is 43.2 Å². The lowest BCUT2D eigenvalue weighted by molar-refractivity contribution is -0.135. The summed E-state index contributed by atoms with van der Waals surface area (Å²) >= 11 is 0. The topological polar surface area (TPSA) is 121 Å². The number of hydrazine groups is 1. The van der Waals surface area contributed by atoms with Crippen LogP contribution in [0, 0.1) is 29.1 Å². The summed E-state index contributed by atoms with van der Waals surface area (Å²) in [6, 6.07) is 8.41. The molecule has 2 aliphatic carbocycles. The monoisotopic (exact) mass is 522 g/mol. The summed E-state index contributed by atoms with van der Waals surface area (Å²) < 4.78 is 4.99. The zero-order chi connectivity index (χ0) is 27.1. The second-order valence-electron chi connectivity index (χ2n) is 11.4. The third-order valence-electron chi connectivity index (χ3n) is 8.50. The van der Waals surface area contributed by atoms with Gasteiger partial charge in [0, 0.05) is 67.2 Å². The first-order valence-corrected chi connectivity index (χ1v) is 14.3. The molecule has 1 aliphatic heterocycles. The Kier molecular flexibility index (Phi) is 9.72. The van der Waals surface area contributed by atoms with E-state index in [2.05, 4.69) is 28.4 Å². The third-order valence-corrected chi connectivity index (χ3v) is 8.50. The minimum Gasteiger partial charge on any atom is -0.465 e. The van der Waals surface area contributed by atoms with Gasteiger partial charge in [0.25, 0.3) is 0 Å². The normalized spacial score (nSPS) is 24.9. The first-order chi connectivity index (χ1) is 18.4. The number of carbonyl (C=O) groups is 1. The molecule has 3 unspecified atom stereocenters. The number of hydrogen-bond acceptors (Lipinski definition) is 8. The predicted molar refractivity (Wildman–Crippen MR) is 154 cm³/mol. The number of allylic oxidation sites excluding steroid dienone is 2. The van der Waals surface area contributed by atoms with Gasteiger partial charge >= 0.3 is 5.97 Å². The Bertz CT molecular complexity index is 1030. The first-order valence-electron chi connectivity index (χ1n) is 14.3. The van der Waals surface area contributed by atoms with Gasteiger partial charge in [-0.2, -0.15) is 0 Å². The van der Waals surface area contributed by atoms with E-state index in [-0.39, 0.29) is 17.4 Å². The van der Waals surface area contributed by atoms with Crippen LogP contribution in [0.3, 0.4) is 0 Å². The van der Waals surface area contributed by atoms with Gasteiger partial charge in [0.05, 0.1) is 12.7 Å². The fourth-order valence-electron chi connectivity index (χ4n) is 6.35. The SMILES string of the molecule is COC(=O)/C(C=N)=C(/Nc1cccc(N2CCCC(CCC3CCCCC3)C2)c1)C1CC1/C(N)=C/N(C)N. The number of piperidine rings is 1. The van der Waals surface area contributed by atoms with E-state index < -0.39 is 5.97 Å². The van der Waals surface area contributed by atoms with E-state index in [1.807, 2.05) is 6.07 Å². The summed E-state index contributed by atoms with van der Waals surface area (Å²) in [4.78, 5) is 15.0. The molecule has 0 amide bonds. The number of ether oxygens (including phenoxy) is 1. The van der Waals surface area contributed by atoms with Crippen molar-refractivity contribution in [2.24, 2.45) is 35.2 Å². The number of esters is 1. The quantitative estimate of drug-likeness (QED) is 0.106. The Morgan fingerprint density at radius 2 is 1.89 bits per heavy atom. The molecule has 1 heterocycles. The van der Waals surface area contributed by atoms with Crippen LogP contribution < -0.4 is 21.8 Å². The molecule has 8 nitrogen and oxygen atoms in total. The molecule has 1 aromatic carbocycles. The molecule has 1 aromatic rings. The summed E-state index contributed by atoms with van der Waals surface area (Å²) in [5.41, 5.74) is 9.92. The van der Waals surface area contributed by atoms with E-state index in [4.69, 9.17) is 21.7 Å². The van der Waals surface area contributed by atoms with Gasteiger partial charge in [0.2, 0.25) is 0 Å². The van der Waals surface area contributed by atoms with E-state index in [9.17, 15) is 4.79 Å². The number of benzene rings is 1. The van der Waals surface area contributed by atoms with Gasteiger partial charge < -0.3 is 31.1 Å². The van der Waals surface area contributed by atoms with Crippen molar-refractivity contribution in [1.82, 2.24) is 5.01 Å². The zero-order valence-corrected chi connectivity index (χ0v) is 23.1. The zero-order valence-electron chi connectivity index (χ0n) is 23.1. The molecule has 4 rings (SSSR count). The highest BCUT2D eigenvalue weighted by atomic mass is 16.5. The lowest BCUT2D eigenvalue weighted by Gasteiger charge is -2.35. The van der Waals surface area contributed by atoms with Crippen LogP contribution in [0.4, 0.5) is 11.4 Å². The minimum absolute atomic E-state index is 0.00953. The van der Waals surface area contributed by atoms with Gasteiger partial charge in [-0.3, -0.25) is 0 Å². The standard InChI is InChI=1S/C30H46N6O2/c1-35(33)20-28(32)25-17-26(25)29(27(18-31)30(37)38-2)34-23-11-6-12-24(16-23)36-15-7-10-22(19-36)14-13-21-8-4-3-5-9-21/h6,11-12,16,18,20-22,25-26,31,34H,3-5,7-10,13-15,17,19,32-33H2,1-2H3/b28-20-,29-27+,31-18?. The number of nitrogens with one attached hydrogen (secondary N) is 2. The lowest BCUT2D eigenvalue weighted by atomic mass is 9.82. The van der Waals surface area contributed by atoms with Crippen molar-refractivity contribution < 1.29 is 9.53 Å². The maximum Gasteiger partial charge on any atom is 0.341 e. The smallest absolute Gasteiger partial charge is 0.341 e. The Balaban J connectivity index is 1.47. The van der Waals surface area contributed by atoms with Crippen LogP contribution in [-0.2, 0) is 9.53 Å². The number of carbonyl (C=O) groups excluding carboxylic acids is 1. The molecule has 6 N–H and O–H groups in total. The third kappa shape index (κ3) is 7.31. The summed E-state index contributed by atoms with van der Waals surface area (Å²) in [7, 11) is 3.07. The second-order valence-corrected chi connectivity index (χ2v) is 11.4. The summed E-state index contributed by atoms with van der Waals surface area (Å²) in [5, 5.41) is 12.8. The van der Waals surface area contributed by atoms with Crippen molar-refractivity contribution in [2.75, 3.05) is 37.5 Å². The minimum atomic E-state index is -0.528. The number of hydrogen-bond donors (Lipinski definition) is 4. The second kappa shape index (κ2) is 13.2. The molecule has 38 heavy (non-hydrogen) atoms. The molecule has 3 fully saturated rings. The Labute approximate surface area is 227 Å². The molecule has 3 aliphatic rings. The number of rotatable bonds is 11. The van der Waals surface area contributed by atoms with Crippen LogP contribution in [-0.4, -0.2) is 44.4 Å². The average Bonchev–Trinajstić information content (AvgIpc) is 3.73. The fraction of sp³-hybridized carbons (Fsp3) is 0.600. The van der Waals surface area contributed by atoms with Crippen LogP contribution in [0.2, 0.25) is 0 Å². The molecular formula is C30H46N6O2. The van der Waals surface area contributed by atoms with Crippen molar-refractivity contribution in [2.45, 2.75) is 64.2 Å². The van der Waals surface area contributed by atoms with Crippen LogP contribution in [0.5, 0.6) is 0 Å². The molecule has 0 spiro atoms. The summed E-state index contributed by atoms with van der Waals surface area (Å²) in [6.07, 6.45) is 15.9. The van der Waals surface area contributed by atoms with Gasteiger partial charge in [-0.25, -0.2) is 10.6 Å². The molecule has 1 saturated heterocycles. The molecule has 0 radical (unpaired) electrons. The van der Waals surface area contributed by atoms with Crippen LogP contribution >= 0.6 is 0 Å². The highest BCUT2D eigenvalue weighted by molar-refractivity contribution is 6.09. The van der Waals surface area contributed by atoms with Crippen LogP contribution in [0.15, 0.2) is 47.4 Å². The molecule has 2 saturated carbocycles. The van der Waals surface area contributed by atoms with Crippen molar-refractivity contribution in [1.29, 1.82) is 5.41 Å². The van der Waals surface area contributed by atoms with Gasteiger partial charge in [0.1, 0.15) is 0 Å². The lowest BCUT2D eigenvalue weighted by Crippen LogP contribution is -2.35. The Hall–Kier alpha value is -3.00. The molecular weight excluding hydrogens is 476 g/mol.